The van der Waals surface area contributed by atoms with Crippen LogP contribution < -0.4 is 4.90 Å². The minimum atomic E-state index is 0.803. The van der Waals surface area contributed by atoms with Crippen molar-refractivity contribution in [2.45, 2.75) is 33.6 Å². The topological polar surface area (TPSA) is 55.3 Å². The maximum absolute atomic E-state index is 5.90. The van der Waals surface area contributed by atoms with E-state index in [0.29, 0.717) is 0 Å². The van der Waals surface area contributed by atoms with E-state index in [9.17, 15) is 0 Å². The zero-order valence-corrected chi connectivity index (χ0v) is 13.1. The Hall–Kier alpha value is -2.30. The molecule has 0 aliphatic carbocycles. The van der Waals surface area contributed by atoms with Crippen LogP contribution in [-0.2, 0) is 0 Å². The lowest BCUT2D eigenvalue weighted by Gasteiger charge is -2.17. The Balaban J connectivity index is 1.96. The molecular weight excluding hydrogens is 278 g/mol. The molecule has 0 N–H and O–H groups in total. The summed E-state index contributed by atoms with van der Waals surface area (Å²) >= 11 is 0. The van der Waals surface area contributed by atoms with Gasteiger partial charge >= 0.3 is 0 Å². The number of furan rings is 1. The standard InChI is InChI=1S/C17H19N3O2/c1-10-8-13-9-14(15-11(2)19-22-12(15)3)18-17(16(13)21-10)20-6-4-5-7-20/h8-9H,4-7H2,1-3H3. The largest absolute Gasteiger partial charge is 0.457 e. The number of aryl methyl sites for hydroxylation is 3. The van der Waals surface area contributed by atoms with Gasteiger partial charge in [-0.15, -0.1) is 0 Å². The third-order valence-electron chi connectivity index (χ3n) is 4.30. The van der Waals surface area contributed by atoms with Crippen molar-refractivity contribution >= 4 is 16.8 Å². The maximum atomic E-state index is 5.90. The first-order chi connectivity index (χ1) is 10.6. The fraction of sp³-hybridized carbons (Fsp3) is 0.412. The lowest BCUT2D eigenvalue weighted by atomic mass is 10.1. The van der Waals surface area contributed by atoms with Gasteiger partial charge in [-0.25, -0.2) is 4.98 Å². The molecule has 0 unspecified atom stereocenters. The van der Waals surface area contributed by atoms with E-state index in [0.717, 1.165) is 58.3 Å². The summed E-state index contributed by atoms with van der Waals surface area (Å²) in [6, 6.07) is 4.14. The van der Waals surface area contributed by atoms with E-state index >= 15 is 0 Å². The zero-order valence-electron chi connectivity index (χ0n) is 13.1. The van der Waals surface area contributed by atoms with E-state index in [1.807, 2.05) is 20.8 Å². The average Bonchev–Trinajstić information content (AvgIpc) is 3.18. The second-order valence-electron chi connectivity index (χ2n) is 6.00. The van der Waals surface area contributed by atoms with Gasteiger partial charge in [0.15, 0.2) is 11.4 Å². The smallest absolute Gasteiger partial charge is 0.176 e. The molecule has 1 saturated heterocycles. The molecule has 5 nitrogen and oxygen atoms in total. The van der Waals surface area contributed by atoms with Gasteiger partial charge in [-0.3, -0.25) is 0 Å². The molecule has 0 spiro atoms. The summed E-state index contributed by atoms with van der Waals surface area (Å²) < 4.78 is 11.2. The molecule has 0 aromatic carbocycles. The summed E-state index contributed by atoms with van der Waals surface area (Å²) in [5.41, 5.74) is 3.65. The quantitative estimate of drug-likeness (QED) is 0.715. The number of pyridine rings is 1. The van der Waals surface area contributed by atoms with E-state index in [-0.39, 0.29) is 0 Å². The number of aromatic nitrogens is 2. The number of anilines is 1. The van der Waals surface area contributed by atoms with Crippen molar-refractivity contribution in [3.63, 3.8) is 0 Å². The molecule has 114 valence electrons. The fourth-order valence-corrected chi connectivity index (χ4v) is 3.28. The van der Waals surface area contributed by atoms with Crippen LogP contribution in [-0.4, -0.2) is 23.2 Å². The number of hydrogen-bond donors (Lipinski definition) is 0. The van der Waals surface area contributed by atoms with Crippen LogP contribution in [0.3, 0.4) is 0 Å². The van der Waals surface area contributed by atoms with Crippen molar-refractivity contribution < 1.29 is 8.94 Å². The van der Waals surface area contributed by atoms with Crippen LogP contribution in [0.2, 0.25) is 0 Å². The number of hydrogen-bond acceptors (Lipinski definition) is 5. The monoisotopic (exact) mass is 297 g/mol. The lowest BCUT2D eigenvalue weighted by molar-refractivity contribution is 0.393. The highest BCUT2D eigenvalue weighted by Crippen LogP contribution is 2.35. The van der Waals surface area contributed by atoms with E-state index < -0.39 is 0 Å². The summed E-state index contributed by atoms with van der Waals surface area (Å²) in [6.07, 6.45) is 2.41. The Kier molecular flexibility index (Phi) is 2.96. The second kappa shape index (κ2) is 4.87. The van der Waals surface area contributed by atoms with Crippen LogP contribution in [0, 0.1) is 20.8 Å². The molecule has 1 fully saturated rings. The van der Waals surface area contributed by atoms with Gasteiger partial charge in [-0.05, 0) is 45.7 Å². The molecule has 3 aromatic heterocycles. The van der Waals surface area contributed by atoms with Crippen LogP contribution in [0.4, 0.5) is 5.82 Å². The third-order valence-corrected chi connectivity index (χ3v) is 4.30. The Morgan fingerprint density at radius 1 is 1.09 bits per heavy atom. The molecule has 22 heavy (non-hydrogen) atoms. The van der Waals surface area contributed by atoms with Gasteiger partial charge in [-0.2, -0.15) is 0 Å². The van der Waals surface area contributed by atoms with E-state index in [1.165, 1.54) is 12.8 Å². The number of rotatable bonds is 2. The predicted molar refractivity (Wildman–Crippen MR) is 85.2 cm³/mol. The third kappa shape index (κ3) is 2.00. The molecule has 0 bridgehead atoms. The summed E-state index contributed by atoms with van der Waals surface area (Å²) in [4.78, 5) is 7.20. The van der Waals surface area contributed by atoms with Gasteiger partial charge in [0.05, 0.1) is 17.0 Å². The van der Waals surface area contributed by atoms with Crippen molar-refractivity contribution in [3.8, 4) is 11.3 Å². The average molecular weight is 297 g/mol. The molecule has 4 rings (SSSR count). The van der Waals surface area contributed by atoms with Crippen LogP contribution in [0.5, 0.6) is 0 Å². The van der Waals surface area contributed by atoms with Crippen molar-refractivity contribution in [1.82, 2.24) is 10.1 Å². The van der Waals surface area contributed by atoms with Crippen molar-refractivity contribution in [2.75, 3.05) is 18.0 Å². The van der Waals surface area contributed by atoms with Crippen molar-refractivity contribution in [1.29, 1.82) is 0 Å². The van der Waals surface area contributed by atoms with Crippen LogP contribution >= 0.6 is 0 Å². The molecule has 0 atom stereocenters. The fourth-order valence-electron chi connectivity index (χ4n) is 3.28. The van der Waals surface area contributed by atoms with Gasteiger partial charge in [-0.1, -0.05) is 5.16 Å². The Morgan fingerprint density at radius 2 is 1.86 bits per heavy atom. The van der Waals surface area contributed by atoms with Gasteiger partial charge in [0.1, 0.15) is 11.5 Å². The molecular formula is C17H19N3O2. The van der Waals surface area contributed by atoms with Crippen molar-refractivity contribution in [3.05, 3.63) is 29.3 Å². The van der Waals surface area contributed by atoms with Gasteiger partial charge in [0.25, 0.3) is 0 Å². The normalized spacial score (nSPS) is 15.1. The van der Waals surface area contributed by atoms with E-state index in [1.54, 1.807) is 0 Å². The first-order valence-corrected chi connectivity index (χ1v) is 7.73. The lowest BCUT2D eigenvalue weighted by Crippen LogP contribution is -2.19. The molecule has 5 heteroatoms. The first-order valence-electron chi connectivity index (χ1n) is 7.73. The van der Waals surface area contributed by atoms with Crippen molar-refractivity contribution in [2.24, 2.45) is 0 Å². The highest BCUT2D eigenvalue weighted by molar-refractivity contribution is 5.91. The Morgan fingerprint density at radius 3 is 2.55 bits per heavy atom. The minimum absolute atomic E-state index is 0.803. The Bertz CT molecular complexity index is 822. The second-order valence-corrected chi connectivity index (χ2v) is 6.00. The summed E-state index contributed by atoms with van der Waals surface area (Å²) in [5.74, 6) is 2.66. The SMILES string of the molecule is Cc1cc2cc(-c3c(C)noc3C)nc(N3CCCC3)c2o1. The molecule has 1 aliphatic heterocycles. The molecule has 3 aromatic rings. The molecule has 0 radical (unpaired) electrons. The molecule has 0 amide bonds. The summed E-state index contributed by atoms with van der Waals surface area (Å²) in [7, 11) is 0. The van der Waals surface area contributed by atoms with E-state index in [4.69, 9.17) is 13.9 Å². The van der Waals surface area contributed by atoms with Crippen LogP contribution in [0.25, 0.3) is 22.2 Å². The van der Waals surface area contributed by atoms with Crippen LogP contribution in [0.15, 0.2) is 21.1 Å². The first kappa shape index (κ1) is 13.4. The predicted octanol–water partition coefficient (Wildman–Crippen LogP) is 4.01. The van der Waals surface area contributed by atoms with Gasteiger partial charge in [0, 0.05) is 18.5 Å². The summed E-state index contributed by atoms with van der Waals surface area (Å²) in [6.45, 7) is 7.92. The number of nitrogens with zero attached hydrogens (tertiary/aromatic N) is 3. The number of fused-ring (bicyclic) bond motifs is 1. The highest BCUT2D eigenvalue weighted by Gasteiger charge is 2.22. The van der Waals surface area contributed by atoms with Gasteiger partial charge < -0.3 is 13.8 Å². The molecule has 1 aliphatic rings. The molecule has 4 heterocycles. The maximum Gasteiger partial charge on any atom is 0.176 e. The van der Waals surface area contributed by atoms with Gasteiger partial charge in [0.2, 0.25) is 0 Å². The van der Waals surface area contributed by atoms with E-state index in [2.05, 4.69) is 22.2 Å². The van der Waals surface area contributed by atoms with Crippen LogP contribution in [0.1, 0.15) is 30.1 Å². The zero-order chi connectivity index (χ0) is 15.3. The highest BCUT2D eigenvalue weighted by atomic mass is 16.5. The minimum Gasteiger partial charge on any atom is -0.457 e. The Labute approximate surface area is 128 Å². The summed E-state index contributed by atoms with van der Waals surface area (Å²) in [5, 5.41) is 5.14. The molecule has 0 saturated carbocycles.